The number of hydrogen-bond acceptors (Lipinski definition) is 5. The van der Waals surface area contributed by atoms with Crippen molar-refractivity contribution in [2.75, 3.05) is 18.8 Å². The molecule has 1 aromatic carbocycles. The summed E-state index contributed by atoms with van der Waals surface area (Å²) in [5.41, 5.74) is 2.48. The fourth-order valence-corrected chi connectivity index (χ4v) is 5.02. The van der Waals surface area contributed by atoms with Gasteiger partial charge in [0.15, 0.2) is 10.8 Å². The van der Waals surface area contributed by atoms with E-state index in [0.717, 1.165) is 37.2 Å². The molecular weight excluding hydrogens is 398 g/mol. The van der Waals surface area contributed by atoms with Crippen molar-refractivity contribution in [1.29, 1.82) is 0 Å². The Hall–Kier alpha value is -2.61. The lowest BCUT2D eigenvalue weighted by molar-refractivity contribution is -0.132. The molecule has 0 bridgehead atoms. The van der Waals surface area contributed by atoms with Crippen LogP contribution in [0.5, 0.6) is 0 Å². The lowest BCUT2D eigenvalue weighted by Crippen LogP contribution is -2.35. The summed E-state index contributed by atoms with van der Waals surface area (Å²) in [5.74, 6) is 0.796. The molecule has 0 N–H and O–H groups in total. The first-order chi connectivity index (χ1) is 14.5. The molecule has 3 aromatic rings. The summed E-state index contributed by atoms with van der Waals surface area (Å²) in [4.78, 5) is 32.8. The van der Waals surface area contributed by atoms with Crippen LogP contribution in [0.4, 0.5) is 0 Å². The zero-order chi connectivity index (χ0) is 21.3. The van der Waals surface area contributed by atoms with Gasteiger partial charge >= 0.3 is 0 Å². The van der Waals surface area contributed by atoms with E-state index < -0.39 is 0 Å². The van der Waals surface area contributed by atoms with Crippen LogP contribution < -0.4 is 5.56 Å². The quantitative estimate of drug-likeness (QED) is 0.541. The van der Waals surface area contributed by atoms with Crippen molar-refractivity contribution < 1.29 is 4.79 Å². The predicted molar refractivity (Wildman–Crippen MR) is 119 cm³/mol. The molecule has 30 heavy (non-hydrogen) atoms. The van der Waals surface area contributed by atoms with Crippen molar-refractivity contribution in [2.45, 2.75) is 51.2 Å². The number of fused-ring (bicyclic) bond motifs is 2. The third-order valence-corrected chi connectivity index (χ3v) is 6.50. The van der Waals surface area contributed by atoms with E-state index >= 15 is 0 Å². The van der Waals surface area contributed by atoms with E-state index in [1.807, 2.05) is 36.1 Å². The van der Waals surface area contributed by atoms with E-state index in [2.05, 4.69) is 18.9 Å². The van der Waals surface area contributed by atoms with Gasteiger partial charge in [-0.15, -0.1) is 0 Å². The highest BCUT2D eigenvalue weighted by molar-refractivity contribution is 7.99. The normalized spacial score (nSPS) is 15.5. The second-order valence-corrected chi connectivity index (χ2v) is 8.74. The van der Waals surface area contributed by atoms with Crippen LogP contribution >= 0.6 is 11.8 Å². The van der Waals surface area contributed by atoms with Crippen LogP contribution in [0.2, 0.25) is 0 Å². The number of hydrogen-bond donors (Lipinski definition) is 0. The van der Waals surface area contributed by atoms with Gasteiger partial charge in [0.2, 0.25) is 5.91 Å². The molecule has 0 saturated carbocycles. The average Bonchev–Trinajstić information content (AvgIpc) is 3.33. The van der Waals surface area contributed by atoms with E-state index in [1.54, 1.807) is 15.4 Å². The zero-order valence-electron chi connectivity index (χ0n) is 17.7. The summed E-state index contributed by atoms with van der Waals surface area (Å²) >= 11 is 1.54. The molecule has 1 amide bonds. The molecule has 158 valence electrons. The monoisotopic (exact) mass is 425 g/mol. The second kappa shape index (κ2) is 8.63. The number of nitrogens with zero attached hydrogens (tertiary/aromatic N) is 5. The van der Waals surface area contributed by atoms with Gasteiger partial charge in [0.25, 0.3) is 5.56 Å². The van der Waals surface area contributed by atoms with Crippen LogP contribution in [-0.4, -0.2) is 49.0 Å². The Morgan fingerprint density at radius 1 is 1.20 bits per heavy atom. The summed E-state index contributed by atoms with van der Waals surface area (Å²) in [7, 11) is 0. The maximum atomic E-state index is 13.3. The first-order valence-corrected chi connectivity index (χ1v) is 11.5. The number of aromatic nitrogens is 4. The van der Waals surface area contributed by atoms with Crippen molar-refractivity contribution in [3.8, 4) is 5.69 Å². The molecule has 1 unspecified atom stereocenters. The predicted octanol–water partition coefficient (Wildman–Crippen LogP) is 3.58. The van der Waals surface area contributed by atoms with E-state index in [-0.39, 0.29) is 17.5 Å². The SMILES string of the molecule is CCCN(CCC)C(=O)CC1CSc2nc3c(cnn3-c3ccc(C)cc3)c(=O)n21. The van der Waals surface area contributed by atoms with Crippen molar-refractivity contribution in [3.05, 3.63) is 46.4 Å². The summed E-state index contributed by atoms with van der Waals surface area (Å²) in [6, 6.07) is 7.80. The highest BCUT2D eigenvalue weighted by Crippen LogP contribution is 2.33. The van der Waals surface area contributed by atoms with Crippen LogP contribution in [-0.2, 0) is 4.79 Å². The first-order valence-electron chi connectivity index (χ1n) is 10.5. The molecule has 4 rings (SSSR count). The van der Waals surface area contributed by atoms with Gasteiger partial charge < -0.3 is 4.90 Å². The Morgan fingerprint density at radius 2 is 1.90 bits per heavy atom. The van der Waals surface area contributed by atoms with Crippen LogP contribution in [0.25, 0.3) is 16.7 Å². The van der Waals surface area contributed by atoms with Gasteiger partial charge in [-0.3, -0.25) is 14.2 Å². The third kappa shape index (κ3) is 3.76. The fraction of sp³-hybridized carbons (Fsp3) is 0.455. The van der Waals surface area contributed by atoms with Crippen molar-refractivity contribution in [3.63, 3.8) is 0 Å². The zero-order valence-corrected chi connectivity index (χ0v) is 18.5. The van der Waals surface area contributed by atoms with Gasteiger partial charge in [-0.1, -0.05) is 43.3 Å². The summed E-state index contributed by atoms with van der Waals surface area (Å²) in [5, 5.41) is 5.56. The molecule has 1 aliphatic heterocycles. The molecule has 0 spiro atoms. The minimum atomic E-state index is -0.166. The highest BCUT2D eigenvalue weighted by atomic mass is 32.2. The molecule has 1 atom stereocenters. The summed E-state index contributed by atoms with van der Waals surface area (Å²) < 4.78 is 3.41. The molecule has 0 radical (unpaired) electrons. The van der Waals surface area contributed by atoms with Gasteiger partial charge in [-0.25, -0.2) is 9.67 Å². The van der Waals surface area contributed by atoms with Crippen LogP contribution in [0.3, 0.4) is 0 Å². The molecule has 1 aliphatic rings. The van der Waals surface area contributed by atoms with Crippen molar-refractivity contribution in [1.82, 2.24) is 24.2 Å². The fourth-order valence-electron chi connectivity index (χ4n) is 3.89. The molecule has 0 saturated heterocycles. The lowest BCUT2D eigenvalue weighted by Gasteiger charge is -2.23. The summed E-state index contributed by atoms with van der Waals surface area (Å²) in [6.45, 7) is 7.70. The van der Waals surface area contributed by atoms with Gasteiger partial charge in [0.05, 0.1) is 17.9 Å². The van der Waals surface area contributed by atoms with E-state index in [9.17, 15) is 9.59 Å². The van der Waals surface area contributed by atoms with Crippen molar-refractivity contribution >= 4 is 28.7 Å². The van der Waals surface area contributed by atoms with Crippen LogP contribution in [0, 0.1) is 6.92 Å². The topological polar surface area (TPSA) is 73.0 Å². The van der Waals surface area contributed by atoms with Gasteiger partial charge in [-0.2, -0.15) is 5.10 Å². The maximum absolute atomic E-state index is 13.3. The number of benzene rings is 1. The Balaban J connectivity index is 1.67. The molecule has 2 aromatic heterocycles. The van der Waals surface area contributed by atoms with Crippen molar-refractivity contribution in [2.24, 2.45) is 0 Å². The maximum Gasteiger partial charge on any atom is 0.265 e. The smallest absolute Gasteiger partial charge is 0.265 e. The molecular formula is C22H27N5O2S. The van der Waals surface area contributed by atoms with Crippen LogP contribution in [0.1, 0.15) is 44.7 Å². The Kier molecular flexibility index (Phi) is 5.94. The Bertz CT molecular complexity index is 1110. The van der Waals surface area contributed by atoms with Crippen LogP contribution in [0.15, 0.2) is 40.4 Å². The standard InChI is InChI=1S/C22H27N5O2S/c1-4-10-25(11-5-2)19(28)12-17-14-30-22-24-20-18(21(29)26(17)22)13-23-27(20)16-8-6-15(3)7-9-16/h6-9,13,17H,4-5,10-12,14H2,1-3H3. The number of thioether (sulfide) groups is 1. The van der Waals surface area contributed by atoms with E-state index in [1.165, 1.54) is 11.8 Å². The third-order valence-electron chi connectivity index (χ3n) is 5.40. The van der Waals surface area contributed by atoms with E-state index in [0.29, 0.717) is 28.4 Å². The minimum absolute atomic E-state index is 0.111. The number of amides is 1. The van der Waals surface area contributed by atoms with Gasteiger partial charge in [-0.05, 0) is 31.9 Å². The molecule has 3 heterocycles. The summed E-state index contributed by atoms with van der Waals surface area (Å²) in [6.07, 6.45) is 3.78. The second-order valence-electron chi connectivity index (χ2n) is 7.75. The molecule has 0 fully saturated rings. The van der Waals surface area contributed by atoms with E-state index in [4.69, 9.17) is 4.98 Å². The number of aryl methyl sites for hydroxylation is 1. The number of carbonyl (C=O) groups is 1. The van der Waals surface area contributed by atoms with Gasteiger partial charge in [0.1, 0.15) is 5.39 Å². The Morgan fingerprint density at radius 3 is 2.57 bits per heavy atom. The minimum Gasteiger partial charge on any atom is -0.343 e. The molecule has 7 nitrogen and oxygen atoms in total. The highest BCUT2D eigenvalue weighted by Gasteiger charge is 2.30. The first kappa shape index (κ1) is 20.7. The van der Waals surface area contributed by atoms with Gasteiger partial charge in [0, 0.05) is 25.3 Å². The lowest BCUT2D eigenvalue weighted by atomic mass is 10.2. The molecule has 8 heteroatoms. The number of rotatable bonds is 7. The largest absolute Gasteiger partial charge is 0.343 e. The molecule has 0 aliphatic carbocycles. The number of carbonyl (C=O) groups excluding carboxylic acids is 1. The Labute approximate surface area is 180 Å². The average molecular weight is 426 g/mol.